The van der Waals surface area contributed by atoms with Gasteiger partial charge in [0.1, 0.15) is 5.52 Å². The fourth-order valence-corrected chi connectivity index (χ4v) is 3.11. The predicted octanol–water partition coefficient (Wildman–Crippen LogP) is 4.11. The fourth-order valence-electron chi connectivity index (χ4n) is 3.11. The van der Waals surface area contributed by atoms with Crippen LogP contribution in [-0.2, 0) is 13.1 Å². The summed E-state index contributed by atoms with van der Waals surface area (Å²) in [6.45, 7) is 1.04. The molecule has 6 nitrogen and oxygen atoms in total. The zero-order valence-corrected chi connectivity index (χ0v) is 12.7. The summed E-state index contributed by atoms with van der Waals surface area (Å²) in [4.78, 5) is 12.7. The van der Waals surface area contributed by atoms with Crippen LogP contribution >= 0.6 is 0 Å². The molecular formula is C16H11F3N4O2. The molecule has 128 valence electrons. The third-order valence-electron chi connectivity index (χ3n) is 4.28. The Morgan fingerprint density at radius 3 is 2.40 bits per heavy atom. The first-order chi connectivity index (χ1) is 12.0. The molecule has 0 fully saturated rings. The second-order valence-corrected chi connectivity index (χ2v) is 5.85. The van der Waals surface area contributed by atoms with Crippen LogP contribution in [0.5, 0.6) is 0 Å². The van der Waals surface area contributed by atoms with Crippen molar-refractivity contribution < 1.29 is 17.8 Å². The molecule has 0 bridgehead atoms. The van der Waals surface area contributed by atoms with E-state index in [2.05, 4.69) is 20.1 Å². The van der Waals surface area contributed by atoms with Crippen molar-refractivity contribution in [1.29, 1.82) is 0 Å². The highest BCUT2D eigenvalue weighted by Gasteiger charge is 2.43. The van der Waals surface area contributed by atoms with Crippen molar-refractivity contribution in [3.05, 3.63) is 58.0 Å². The molecule has 1 aliphatic rings. The highest BCUT2D eigenvalue weighted by atomic mass is 19.4. The third-order valence-corrected chi connectivity index (χ3v) is 4.28. The van der Waals surface area contributed by atoms with Crippen LogP contribution in [0.3, 0.4) is 0 Å². The lowest BCUT2D eigenvalue weighted by atomic mass is 10.0. The van der Waals surface area contributed by atoms with Crippen LogP contribution in [-0.4, -0.2) is 16.5 Å². The van der Waals surface area contributed by atoms with E-state index in [1.165, 1.54) is 6.07 Å². The van der Waals surface area contributed by atoms with Crippen molar-refractivity contribution in [3.63, 3.8) is 0 Å². The van der Waals surface area contributed by atoms with Crippen LogP contribution in [0.1, 0.15) is 22.7 Å². The fraction of sp³-hybridized carbons (Fsp3) is 0.250. The summed E-state index contributed by atoms with van der Waals surface area (Å²) >= 11 is 0. The molecule has 1 aromatic heterocycles. The smallest absolute Gasteiger partial charge is 0.361 e. The van der Waals surface area contributed by atoms with E-state index in [0.29, 0.717) is 24.3 Å². The molecule has 9 heteroatoms. The zero-order valence-electron chi connectivity index (χ0n) is 12.7. The van der Waals surface area contributed by atoms with Gasteiger partial charge in [0.15, 0.2) is 5.52 Å². The molecule has 0 amide bonds. The van der Waals surface area contributed by atoms with Gasteiger partial charge in [0.2, 0.25) is 6.04 Å². The van der Waals surface area contributed by atoms with Gasteiger partial charge in [-0.15, -0.1) is 4.91 Å². The summed E-state index contributed by atoms with van der Waals surface area (Å²) < 4.78 is 43.9. The predicted molar refractivity (Wildman–Crippen MR) is 82.7 cm³/mol. The molecule has 0 radical (unpaired) electrons. The number of hydrogen-bond acceptors (Lipinski definition) is 6. The maximum absolute atomic E-state index is 13.1. The highest BCUT2D eigenvalue weighted by molar-refractivity contribution is 5.89. The Hall–Kier alpha value is -2.97. The molecule has 2 heterocycles. The zero-order chi connectivity index (χ0) is 17.6. The first kappa shape index (κ1) is 15.6. The summed E-state index contributed by atoms with van der Waals surface area (Å²) in [5.41, 5.74) is 2.82. The first-order valence-electron chi connectivity index (χ1n) is 7.44. The van der Waals surface area contributed by atoms with E-state index in [1.54, 1.807) is 0 Å². The molecule has 1 aliphatic heterocycles. The molecule has 25 heavy (non-hydrogen) atoms. The van der Waals surface area contributed by atoms with Crippen molar-refractivity contribution in [1.82, 2.24) is 10.3 Å². The van der Waals surface area contributed by atoms with E-state index < -0.39 is 12.2 Å². The minimum Gasteiger partial charge on any atom is -0.361 e. The van der Waals surface area contributed by atoms with Crippen LogP contribution < -0.4 is 4.90 Å². The molecule has 1 unspecified atom stereocenters. The van der Waals surface area contributed by atoms with Gasteiger partial charge >= 0.3 is 6.18 Å². The van der Waals surface area contributed by atoms with Crippen LogP contribution in [0.2, 0.25) is 0 Å². The highest BCUT2D eigenvalue weighted by Crippen LogP contribution is 2.40. The van der Waals surface area contributed by atoms with E-state index >= 15 is 0 Å². The van der Waals surface area contributed by atoms with E-state index in [1.807, 2.05) is 29.2 Å². The van der Waals surface area contributed by atoms with Crippen molar-refractivity contribution in [2.75, 3.05) is 4.90 Å². The Bertz CT molecular complexity index is 929. The lowest BCUT2D eigenvalue weighted by molar-refractivity contribution is -0.148. The van der Waals surface area contributed by atoms with Gasteiger partial charge in [-0.05, 0) is 39.1 Å². The number of aromatic nitrogens is 2. The largest absolute Gasteiger partial charge is 0.418 e. The average molecular weight is 348 g/mol. The second kappa shape index (κ2) is 5.54. The Kier molecular flexibility index (Phi) is 3.45. The normalized spacial score (nSPS) is 15.4. The van der Waals surface area contributed by atoms with Gasteiger partial charge in [0.25, 0.3) is 0 Å². The lowest BCUT2D eigenvalue weighted by Crippen LogP contribution is -2.20. The van der Waals surface area contributed by atoms with Gasteiger partial charge in [-0.25, -0.2) is 4.63 Å². The maximum atomic E-state index is 13.1. The number of rotatable bonds is 3. The Labute approximate surface area is 139 Å². The summed E-state index contributed by atoms with van der Waals surface area (Å²) in [6, 6.07) is 7.70. The summed E-state index contributed by atoms with van der Waals surface area (Å²) in [7, 11) is 0. The van der Waals surface area contributed by atoms with E-state index in [0.717, 1.165) is 17.2 Å². The number of anilines is 1. The summed E-state index contributed by atoms with van der Waals surface area (Å²) in [5, 5.41) is 9.69. The second-order valence-electron chi connectivity index (χ2n) is 5.85. The van der Waals surface area contributed by atoms with Gasteiger partial charge in [-0.3, -0.25) is 0 Å². The van der Waals surface area contributed by atoms with Gasteiger partial charge in [0.05, 0.1) is 5.69 Å². The standard InChI is InChI=1S/C16H11F3N4O2/c17-16(18,19)15(20-24)11-5-12-14(22-25-21-12)13(6-11)23-7-9-3-1-2-4-10(9)8-23/h1-6,15H,7-8H2. The molecule has 1 atom stereocenters. The molecule has 0 spiro atoms. The lowest BCUT2D eigenvalue weighted by Gasteiger charge is -2.20. The van der Waals surface area contributed by atoms with Gasteiger partial charge in [-0.1, -0.05) is 29.4 Å². The van der Waals surface area contributed by atoms with Crippen LogP contribution in [0.15, 0.2) is 46.2 Å². The Morgan fingerprint density at radius 2 is 1.80 bits per heavy atom. The number of nitroso groups, excluding NO2 is 1. The molecule has 0 aliphatic carbocycles. The van der Waals surface area contributed by atoms with E-state index in [-0.39, 0.29) is 11.1 Å². The number of alkyl halides is 3. The molecule has 4 rings (SSSR count). The van der Waals surface area contributed by atoms with Gasteiger partial charge in [-0.2, -0.15) is 13.2 Å². The third kappa shape index (κ3) is 2.61. The number of fused-ring (bicyclic) bond motifs is 2. The van der Waals surface area contributed by atoms with Crippen molar-refractivity contribution in [2.45, 2.75) is 25.3 Å². The number of halogens is 3. The van der Waals surface area contributed by atoms with E-state index in [4.69, 9.17) is 0 Å². The summed E-state index contributed by atoms with van der Waals surface area (Å²) in [6.07, 6.45) is -4.78. The number of nitrogens with zero attached hydrogens (tertiary/aromatic N) is 4. The average Bonchev–Trinajstić information content (AvgIpc) is 3.19. The molecule has 2 aromatic carbocycles. The first-order valence-corrected chi connectivity index (χ1v) is 7.44. The molecule has 0 saturated heterocycles. The maximum Gasteiger partial charge on any atom is 0.418 e. The molecule has 3 aromatic rings. The van der Waals surface area contributed by atoms with Crippen molar-refractivity contribution in [2.24, 2.45) is 5.18 Å². The quantitative estimate of drug-likeness (QED) is 0.666. The minimum absolute atomic E-state index is 0.154. The minimum atomic E-state index is -4.78. The monoisotopic (exact) mass is 348 g/mol. The molecule has 0 N–H and O–H groups in total. The topological polar surface area (TPSA) is 71.6 Å². The van der Waals surface area contributed by atoms with E-state index in [9.17, 15) is 18.1 Å². The number of hydrogen-bond donors (Lipinski definition) is 0. The van der Waals surface area contributed by atoms with Gasteiger partial charge < -0.3 is 4.90 Å². The number of benzene rings is 2. The summed E-state index contributed by atoms with van der Waals surface area (Å²) in [5.74, 6) is 0. The molecule has 0 saturated carbocycles. The van der Waals surface area contributed by atoms with Gasteiger partial charge in [0, 0.05) is 13.1 Å². The molecular weight excluding hydrogens is 337 g/mol. The van der Waals surface area contributed by atoms with Crippen LogP contribution in [0.4, 0.5) is 18.9 Å². The Balaban J connectivity index is 1.82. The SMILES string of the molecule is O=NC(c1cc(N2Cc3ccccc3C2)c2nonc2c1)C(F)(F)F. The van der Waals surface area contributed by atoms with Crippen molar-refractivity contribution >= 4 is 16.7 Å². The van der Waals surface area contributed by atoms with Crippen LogP contribution in [0, 0.1) is 4.91 Å². The Morgan fingerprint density at radius 1 is 1.12 bits per heavy atom. The van der Waals surface area contributed by atoms with Crippen LogP contribution in [0.25, 0.3) is 11.0 Å². The van der Waals surface area contributed by atoms with Crippen molar-refractivity contribution in [3.8, 4) is 0 Å².